The van der Waals surface area contributed by atoms with Crippen LogP contribution in [0.15, 0.2) is 58.2 Å². The number of hydrogen-bond acceptors (Lipinski definition) is 3. The summed E-state index contributed by atoms with van der Waals surface area (Å²) in [6.07, 6.45) is 1.96. The van der Waals surface area contributed by atoms with Crippen molar-refractivity contribution in [2.75, 3.05) is 6.26 Å². The SMILES string of the molecule is CSc1ccccc1-c1nc(=O)[nH]n1-c1ccc(F)cc1. The van der Waals surface area contributed by atoms with Gasteiger partial charge in [0.25, 0.3) is 0 Å². The molecule has 0 unspecified atom stereocenters. The molecule has 1 N–H and O–H groups in total. The summed E-state index contributed by atoms with van der Waals surface area (Å²) in [5, 5.41) is 2.65. The van der Waals surface area contributed by atoms with Gasteiger partial charge in [0.2, 0.25) is 0 Å². The molecule has 0 aliphatic rings. The number of nitrogens with one attached hydrogen (secondary N) is 1. The van der Waals surface area contributed by atoms with Gasteiger partial charge in [-0.05, 0) is 36.6 Å². The molecule has 0 radical (unpaired) electrons. The van der Waals surface area contributed by atoms with Crippen molar-refractivity contribution in [3.8, 4) is 17.1 Å². The Morgan fingerprint density at radius 1 is 1.14 bits per heavy atom. The van der Waals surface area contributed by atoms with E-state index < -0.39 is 5.69 Å². The van der Waals surface area contributed by atoms with Crippen molar-refractivity contribution in [3.05, 3.63) is 64.8 Å². The van der Waals surface area contributed by atoms with Gasteiger partial charge in [-0.15, -0.1) is 11.8 Å². The minimum absolute atomic E-state index is 0.327. The van der Waals surface area contributed by atoms with Gasteiger partial charge in [-0.1, -0.05) is 18.2 Å². The van der Waals surface area contributed by atoms with Gasteiger partial charge in [0.15, 0.2) is 5.82 Å². The van der Waals surface area contributed by atoms with Crippen LogP contribution in [0.25, 0.3) is 17.1 Å². The van der Waals surface area contributed by atoms with Gasteiger partial charge in [0.1, 0.15) is 5.82 Å². The maximum absolute atomic E-state index is 13.0. The van der Waals surface area contributed by atoms with Crippen LogP contribution in [0.4, 0.5) is 4.39 Å². The highest BCUT2D eigenvalue weighted by Crippen LogP contribution is 2.29. The first-order valence-corrected chi connectivity index (χ1v) is 7.50. The van der Waals surface area contributed by atoms with E-state index in [1.54, 1.807) is 28.6 Å². The molecule has 3 rings (SSSR count). The molecule has 0 fully saturated rings. The standard InChI is InChI=1S/C15H12FN3OS/c1-21-13-5-3-2-4-12(13)14-17-15(20)18-19(14)11-8-6-10(16)7-9-11/h2-9H,1H3,(H,18,20). The van der Waals surface area contributed by atoms with Crippen LogP contribution in [0.2, 0.25) is 0 Å². The number of halogens is 1. The topological polar surface area (TPSA) is 50.7 Å². The van der Waals surface area contributed by atoms with Crippen LogP contribution >= 0.6 is 11.8 Å². The molecule has 21 heavy (non-hydrogen) atoms. The number of rotatable bonds is 3. The van der Waals surface area contributed by atoms with Crippen molar-refractivity contribution in [3.63, 3.8) is 0 Å². The average Bonchev–Trinajstić information content (AvgIpc) is 2.89. The highest BCUT2D eigenvalue weighted by molar-refractivity contribution is 7.98. The van der Waals surface area contributed by atoms with Crippen molar-refractivity contribution in [2.24, 2.45) is 0 Å². The molecule has 106 valence electrons. The predicted octanol–water partition coefficient (Wildman–Crippen LogP) is 3.09. The summed E-state index contributed by atoms with van der Waals surface area (Å²) in [7, 11) is 0. The van der Waals surface area contributed by atoms with E-state index >= 15 is 0 Å². The fraction of sp³-hybridized carbons (Fsp3) is 0.0667. The molecule has 0 aliphatic carbocycles. The van der Waals surface area contributed by atoms with Crippen molar-refractivity contribution in [1.29, 1.82) is 0 Å². The fourth-order valence-electron chi connectivity index (χ4n) is 2.11. The van der Waals surface area contributed by atoms with Crippen LogP contribution in [0.1, 0.15) is 0 Å². The van der Waals surface area contributed by atoms with E-state index in [9.17, 15) is 9.18 Å². The Balaban J connectivity index is 2.20. The lowest BCUT2D eigenvalue weighted by Crippen LogP contribution is -2.05. The molecule has 0 amide bonds. The summed E-state index contributed by atoms with van der Waals surface area (Å²) < 4.78 is 14.6. The Hall–Kier alpha value is -2.34. The Bertz CT molecular complexity index is 823. The Morgan fingerprint density at radius 2 is 1.86 bits per heavy atom. The molecule has 3 aromatic rings. The summed E-state index contributed by atoms with van der Waals surface area (Å²) in [5.41, 5.74) is 1.06. The quantitative estimate of drug-likeness (QED) is 0.756. The van der Waals surface area contributed by atoms with Crippen LogP contribution in [0, 0.1) is 5.82 Å². The van der Waals surface area contributed by atoms with Crippen molar-refractivity contribution in [1.82, 2.24) is 14.8 Å². The van der Waals surface area contributed by atoms with E-state index in [0.29, 0.717) is 11.5 Å². The number of thioether (sulfide) groups is 1. The Morgan fingerprint density at radius 3 is 2.57 bits per heavy atom. The predicted molar refractivity (Wildman–Crippen MR) is 81.4 cm³/mol. The Kier molecular flexibility index (Phi) is 3.62. The minimum Gasteiger partial charge on any atom is -0.244 e. The monoisotopic (exact) mass is 301 g/mol. The third kappa shape index (κ3) is 2.62. The number of nitrogens with zero attached hydrogens (tertiary/aromatic N) is 2. The second kappa shape index (κ2) is 5.57. The van der Waals surface area contributed by atoms with E-state index in [4.69, 9.17) is 0 Å². The molecule has 1 aromatic heterocycles. The lowest BCUT2D eigenvalue weighted by Gasteiger charge is -2.09. The summed E-state index contributed by atoms with van der Waals surface area (Å²) in [5.74, 6) is 0.184. The van der Waals surface area contributed by atoms with Crippen molar-refractivity contribution >= 4 is 11.8 Å². The second-order valence-corrected chi connectivity index (χ2v) is 5.21. The van der Waals surface area contributed by atoms with E-state index in [1.807, 2.05) is 30.5 Å². The van der Waals surface area contributed by atoms with Crippen molar-refractivity contribution < 1.29 is 4.39 Å². The van der Waals surface area contributed by atoms with E-state index in [1.165, 1.54) is 12.1 Å². The molecular weight excluding hydrogens is 289 g/mol. The number of hydrogen-bond donors (Lipinski definition) is 1. The van der Waals surface area contributed by atoms with Crippen LogP contribution in [-0.4, -0.2) is 21.0 Å². The van der Waals surface area contributed by atoms with Gasteiger partial charge < -0.3 is 0 Å². The number of aromatic nitrogens is 3. The lowest BCUT2D eigenvalue weighted by atomic mass is 10.2. The zero-order chi connectivity index (χ0) is 14.8. The van der Waals surface area contributed by atoms with Gasteiger partial charge >= 0.3 is 5.69 Å². The van der Waals surface area contributed by atoms with Gasteiger partial charge in [-0.2, -0.15) is 4.98 Å². The third-order valence-corrected chi connectivity index (χ3v) is 3.86. The highest BCUT2D eigenvalue weighted by Gasteiger charge is 2.13. The van der Waals surface area contributed by atoms with E-state index in [0.717, 1.165) is 10.5 Å². The van der Waals surface area contributed by atoms with Gasteiger partial charge in [-0.3, -0.25) is 0 Å². The van der Waals surface area contributed by atoms with Gasteiger partial charge in [-0.25, -0.2) is 19.0 Å². The molecule has 0 aliphatic heterocycles. The lowest BCUT2D eigenvalue weighted by molar-refractivity contribution is 0.627. The number of H-pyrrole nitrogens is 1. The summed E-state index contributed by atoms with van der Waals surface area (Å²) in [6.45, 7) is 0. The minimum atomic E-state index is -0.440. The molecule has 4 nitrogen and oxygen atoms in total. The molecule has 0 saturated heterocycles. The second-order valence-electron chi connectivity index (χ2n) is 4.36. The van der Waals surface area contributed by atoms with Gasteiger partial charge in [0.05, 0.1) is 5.69 Å². The maximum Gasteiger partial charge on any atom is 0.362 e. The molecule has 2 aromatic carbocycles. The first kappa shape index (κ1) is 13.6. The molecule has 6 heteroatoms. The molecule has 0 saturated carbocycles. The Labute approximate surface area is 124 Å². The molecule has 0 atom stereocenters. The summed E-state index contributed by atoms with van der Waals surface area (Å²) in [4.78, 5) is 16.7. The summed E-state index contributed by atoms with van der Waals surface area (Å²) >= 11 is 1.58. The van der Waals surface area contributed by atoms with Gasteiger partial charge in [0, 0.05) is 10.5 Å². The fourth-order valence-corrected chi connectivity index (χ4v) is 2.70. The van der Waals surface area contributed by atoms with Crippen molar-refractivity contribution in [2.45, 2.75) is 4.90 Å². The molecule has 0 bridgehead atoms. The van der Waals surface area contributed by atoms with E-state index in [2.05, 4.69) is 10.1 Å². The maximum atomic E-state index is 13.0. The highest BCUT2D eigenvalue weighted by atomic mass is 32.2. The van der Waals surface area contributed by atoms with Crippen LogP contribution in [-0.2, 0) is 0 Å². The normalized spacial score (nSPS) is 10.8. The smallest absolute Gasteiger partial charge is 0.244 e. The van der Waals surface area contributed by atoms with Crippen LogP contribution < -0.4 is 5.69 Å². The van der Waals surface area contributed by atoms with Crippen LogP contribution in [0.3, 0.4) is 0 Å². The first-order valence-electron chi connectivity index (χ1n) is 6.27. The zero-order valence-electron chi connectivity index (χ0n) is 11.2. The van der Waals surface area contributed by atoms with Crippen LogP contribution in [0.5, 0.6) is 0 Å². The zero-order valence-corrected chi connectivity index (χ0v) is 12.0. The molecule has 1 heterocycles. The number of benzene rings is 2. The number of aromatic amines is 1. The molecule has 0 spiro atoms. The largest absolute Gasteiger partial charge is 0.362 e. The third-order valence-electron chi connectivity index (χ3n) is 3.06. The average molecular weight is 301 g/mol. The van der Waals surface area contributed by atoms with E-state index in [-0.39, 0.29) is 5.82 Å². The first-order chi connectivity index (χ1) is 10.2. The summed E-state index contributed by atoms with van der Waals surface area (Å²) in [6, 6.07) is 13.6. The molecular formula is C15H12FN3OS.